The molecule has 1 heterocycles. The molecule has 4 heteroatoms. The van der Waals surface area contributed by atoms with Crippen LogP contribution in [-0.2, 0) is 0 Å². The van der Waals surface area contributed by atoms with E-state index in [1.165, 1.54) is 0 Å². The highest BCUT2D eigenvalue weighted by atomic mass is 35.5. The van der Waals surface area contributed by atoms with Crippen molar-refractivity contribution >= 4 is 29.1 Å². The third kappa shape index (κ3) is 1.23. The lowest BCUT2D eigenvalue weighted by Gasteiger charge is -1.89. The number of hydrogen-bond donors (Lipinski definition) is 1. The summed E-state index contributed by atoms with van der Waals surface area (Å²) in [4.78, 5) is 0. The van der Waals surface area contributed by atoms with E-state index in [0.29, 0.717) is 5.69 Å². The summed E-state index contributed by atoms with van der Waals surface area (Å²) >= 11 is 0. The SMILES string of the molecule is Cc1noc2cc(N)ccc12.Cl. The monoisotopic (exact) mass is 184 g/mol. The molecule has 0 unspecified atom stereocenters. The van der Waals surface area contributed by atoms with Crippen molar-refractivity contribution in [2.24, 2.45) is 0 Å². The molecule has 0 atom stereocenters. The molecule has 0 aliphatic heterocycles. The number of hydrogen-bond acceptors (Lipinski definition) is 3. The Morgan fingerprint density at radius 3 is 2.92 bits per heavy atom. The van der Waals surface area contributed by atoms with E-state index in [2.05, 4.69) is 5.16 Å². The third-order valence-corrected chi connectivity index (χ3v) is 1.68. The maximum absolute atomic E-state index is 5.55. The van der Waals surface area contributed by atoms with Gasteiger partial charge in [0.15, 0.2) is 5.58 Å². The Balaban J connectivity index is 0.000000720. The summed E-state index contributed by atoms with van der Waals surface area (Å²) in [5.74, 6) is 0. The molecule has 2 N–H and O–H groups in total. The molecular formula is C8H9ClN2O. The zero-order chi connectivity index (χ0) is 7.84. The van der Waals surface area contributed by atoms with E-state index in [9.17, 15) is 0 Å². The number of anilines is 1. The zero-order valence-electron chi connectivity index (χ0n) is 6.57. The van der Waals surface area contributed by atoms with Gasteiger partial charge in [0, 0.05) is 17.1 Å². The second-order valence-electron chi connectivity index (χ2n) is 2.52. The van der Waals surface area contributed by atoms with Gasteiger partial charge >= 0.3 is 0 Å². The van der Waals surface area contributed by atoms with E-state index in [1.54, 1.807) is 6.07 Å². The standard InChI is InChI=1S/C8H8N2O.ClH/c1-5-7-3-2-6(9)4-8(7)11-10-5;/h2-4H,9H2,1H3;1H. The third-order valence-electron chi connectivity index (χ3n) is 1.68. The second-order valence-corrected chi connectivity index (χ2v) is 2.52. The summed E-state index contributed by atoms with van der Waals surface area (Å²) in [6, 6.07) is 5.53. The van der Waals surface area contributed by atoms with E-state index in [1.807, 2.05) is 19.1 Å². The molecule has 12 heavy (non-hydrogen) atoms. The number of aromatic nitrogens is 1. The summed E-state index contributed by atoms with van der Waals surface area (Å²) in [6.45, 7) is 1.90. The average molecular weight is 185 g/mol. The molecule has 64 valence electrons. The van der Waals surface area contributed by atoms with Gasteiger partial charge in [0.2, 0.25) is 0 Å². The molecule has 0 spiro atoms. The van der Waals surface area contributed by atoms with Gasteiger partial charge in [-0.05, 0) is 19.1 Å². The van der Waals surface area contributed by atoms with Crippen LogP contribution in [0.15, 0.2) is 22.7 Å². The largest absolute Gasteiger partial charge is 0.399 e. The minimum Gasteiger partial charge on any atom is -0.399 e. The molecular weight excluding hydrogens is 176 g/mol. The molecule has 0 radical (unpaired) electrons. The first-order chi connectivity index (χ1) is 5.27. The lowest BCUT2D eigenvalue weighted by atomic mass is 10.2. The van der Waals surface area contributed by atoms with Crippen LogP contribution >= 0.6 is 12.4 Å². The van der Waals surface area contributed by atoms with E-state index >= 15 is 0 Å². The maximum Gasteiger partial charge on any atom is 0.169 e. The molecule has 1 aromatic heterocycles. The van der Waals surface area contributed by atoms with Gasteiger partial charge in [-0.25, -0.2) is 0 Å². The minimum atomic E-state index is 0. The topological polar surface area (TPSA) is 52.0 Å². The predicted octanol–water partition coefficient (Wildman–Crippen LogP) is 2.14. The lowest BCUT2D eigenvalue weighted by molar-refractivity contribution is 0.450. The Bertz CT molecular complexity index is 397. The highest BCUT2D eigenvalue weighted by Crippen LogP contribution is 2.19. The molecule has 2 aromatic rings. The first kappa shape index (κ1) is 8.87. The van der Waals surface area contributed by atoms with Gasteiger partial charge in [0.05, 0.1) is 5.69 Å². The summed E-state index contributed by atoms with van der Waals surface area (Å²) in [5, 5.41) is 4.83. The van der Waals surface area contributed by atoms with Crippen LogP contribution in [0.5, 0.6) is 0 Å². The Kier molecular flexibility index (Phi) is 2.24. The van der Waals surface area contributed by atoms with Crippen LogP contribution in [0, 0.1) is 6.92 Å². The van der Waals surface area contributed by atoms with Crippen molar-refractivity contribution in [3.8, 4) is 0 Å². The fourth-order valence-corrected chi connectivity index (χ4v) is 1.08. The first-order valence-electron chi connectivity index (χ1n) is 3.39. The lowest BCUT2D eigenvalue weighted by Crippen LogP contribution is -1.81. The van der Waals surface area contributed by atoms with Crippen molar-refractivity contribution in [2.75, 3.05) is 5.73 Å². The highest BCUT2D eigenvalue weighted by molar-refractivity contribution is 5.85. The number of fused-ring (bicyclic) bond motifs is 1. The van der Waals surface area contributed by atoms with Crippen molar-refractivity contribution in [3.63, 3.8) is 0 Å². The van der Waals surface area contributed by atoms with Gasteiger partial charge in [-0.15, -0.1) is 12.4 Å². The van der Waals surface area contributed by atoms with Crippen LogP contribution in [-0.4, -0.2) is 5.16 Å². The summed E-state index contributed by atoms with van der Waals surface area (Å²) < 4.78 is 5.00. The fraction of sp³-hybridized carbons (Fsp3) is 0.125. The van der Waals surface area contributed by atoms with Gasteiger partial charge in [0.1, 0.15) is 0 Å². The zero-order valence-corrected chi connectivity index (χ0v) is 7.39. The van der Waals surface area contributed by atoms with Crippen molar-refractivity contribution in [1.29, 1.82) is 0 Å². The van der Waals surface area contributed by atoms with Crippen LogP contribution in [0.3, 0.4) is 0 Å². The summed E-state index contributed by atoms with van der Waals surface area (Å²) in [5.41, 5.74) is 7.90. The van der Waals surface area contributed by atoms with E-state index in [0.717, 1.165) is 16.7 Å². The number of aryl methyl sites for hydroxylation is 1. The van der Waals surface area contributed by atoms with Crippen molar-refractivity contribution < 1.29 is 4.52 Å². The van der Waals surface area contributed by atoms with Gasteiger partial charge in [-0.3, -0.25) is 0 Å². The van der Waals surface area contributed by atoms with E-state index in [-0.39, 0.29) is 12.4 Å². The van der Waals surface area contributed by atoms with Gasteiger partial charge in [-0.1, -0.05) is 5.16 Å². The molecule has 0 amide bonds. The highest BCUT2D eigenvalue weighted by Gasteiger charge is 2.02. The average Bonchev–Trinajstić information content (AvgIpc) is 2.32. The second kappa shape index (κ2) is 3.03. The quantitative estimate of drug-likeness (QED) is 0.639. The van der Waals surface area contributed by atoms with Crippen molar-refractivity contribution in [3.05, 3.63) is 23.9 Å². The fourth-order valence-electron chi connectivity index (χ4n) is 1.08. The van der Waals surface area contributed by atoms with Crippen molar-refractivity contribution in [2.45, 2.75) is 6.92 Å². The molecule has 0 saturated heterocycles. The van der Waals surface area contributed by atoms with Crippen LogP contribution in [0.2, 0.25) is 0 Å². The molecule has 0 aliphatic carbocycles. The predicted molar refractivity (Wildman–Crippen MR) is 50.4 cm³/mol. The Labute approximate surface area is 75.9 Å². The molecule has 2 rings (SSSR count). The van der Waals surface area contributed by atoms with Crippen molar-refractivity contribution in [1.82, 2.24) is 5.16 Å². The molecule has 0 fully saturated rings. The smallest absolute Gasteiger partial charge is 0.169 e. The number of nitrogens with zero attached hydrogens (tertiary/aromatic N) is 1. The minimum absolute atomic E-state index is 0. The number of nitrogen functional groups attached to an aromatic ring is 1. The van der Waals surface area contributed by atoms with Crippen LogP contribution in [0.4, 0.5) is 5.69 Å². The van der Waals surface area contributed by atoms with Crippen LogP contribution < -0.4 is 5.73 Å². The number of benzene rings is 1. The van der Waals surface area contributed by atoms with E-state index in [4.69, 9.17) is 10.3 Å². The van der Waals surface area contributed by atoms with Gasteiger partial charge < -0.3 is 10.3 Å². The first-order valence-corrected chi connectivity index (χ1v) is 3.39. The Hall–Kier alpha value is -1.22. The molecule has 1 aromatic carbocycles. The summed E-state index contributed by atoms with van der Waals surface area (Å²) in [7, 11) is 0. The normalized spacial score (nSPS) is 9.75. The maximum atomic E-state index is 5.55. The molecule has 0 aliphatic rings. The van der Waals surface area contributed by atoms with Gasteiger partial charge in [0.25, 0.3) is 0 Å². The Morgan fingerprint density at radius 2 is 2.17 bits per heavy atom. The van der Waals surface area contributed by atoms with Gasteiger partial charge in [-0.2, -0.15) is 0 Å². The Morgan fingerprint density at radius 1 is 1.42 bits per heavy atom. The molecule has 3 nitrogen and oxygen atoms in total. The number of halogens is 1. The molecule has 0 bridgehead atoms. The van der Waals surface area contributed by atoms with Crippen LogP contribution in [0.1, 0.15) is 5.69 Å². The summed E-state index contributed by atoms with van der Waals surface area (Å²) in [6.07, 6.45) is 0. The number of rotatable bonds is 0. The van der Waals surface area contributed by atoms with E-state index < -0.39 is 0 Å². The number of nitrogens with two attached hydrogens (primary N) is 1. The molecule has 0 saturated carbocycles. The van der Waals surface area contributed by atoms with Crippen LogP contribution in [0.25, 0.3) is 11.0 Å².